The van der Waals surface area contributed by atoms with Crippen molar-refractivity contribution in [3.05, 3.63) is 54.1 Å². The van der Waals surface area contributed by atoms with E-state index in [0.29, 0.717) is 11.4 Å². The van der Waals surface area contributed by atoms with Gasteiger partial charge < -0.3 is 10.1 Å². The van der Waals surface area contributed by atoms with E-state index in [2.05, 4.69) is 9.71 Å². The average molecular weight is 516 g/mol. The maximum Gasteiger partial charge on any atom is 0.284 e. The molecule has 186 valence electrons. The van der Waals surface area contributed by atoms with E-state index in [-0.39, 0.29) is 34.3 Å². The summed E-state index contributed by atoms with van der Waals surface area (Å²) in [5.74, 6) is 0.0835. The van der Waals surface area contributed by atoms with Crippen molar-refractivity contribution in [1.29, 1.82) is 0 Å². The predicted molar refractivity (Wildman–Crippen MR) is 137 cm³/mol. The number of ether oxygens (including phenoxy) is 1. The predicted octanol–water partition coefficient (Wildman–Crippen LogP) is 4.35. The first-order chi connectivity index (χ1) is 16.8. The number of sulfonamides is 1. The molecule has 2 aromatic rings. The van der Waals surface area contributed by atoms with E-state index in [9.17, 15) is 18.0 Å². The van der Waals surface area contributed by atoms with Gasteiger partial charge in [-0.15, -0.1) is 4.40 Å². The zero-order valence-electron chi connectivity index (χ0n) is 19.8. The molecule has 8 nitrogen and oxygen atoms in total. The van der Waals surface area contributed by atoms with E-state index in [1.807, 2.05) is 6.92 Å². The summed E-state index contributed by atoms with van der Waals surface area (Å²) in [4.78, 5) is 27.7. The largest absolute Gasteiger partial charge is 0.497 e. The van der Waals surface area contributed by atoms with Crippen LogP contribution in [-0.4, -0.2) is 48.7 Å². The Balaban J connectivity index is 1.55. The summed E-state index contributed by atoms with van der Waals surface area (Å²) in [6, 6.07) is 13.3. The summed E-state index contributed by atoms with van der Waals surface area (Å²) in [6.45, 7) is 1.88. The summed E-state index contributed by atoms with van der Waals surface area (Å²) in [6.07, 6.45) is 4.54. The van der Waals surface area contributed by atoms with Crippen LogP contribution < -0.4 is 10.1 Å². The first-order valence-electron chi connectivity index (χ1n) is 11.6. The van der Waals surface area contributed by atoms with Crippen molar-refractivity contribution in [2.24, 2.45) is 4.40 Å². The highest BCUT2D eigenvalue weighted by atomic mass is 32.2. The number of carbonyl (C=O) groups is 2. The van der Waals surface area contributed by atoms with E-state index >= 15 is 0 Å². The number of hydrogen-bond donors (Lipinski definition) is 1. The Kier molecular flexibility index (Phi) is 7.81. The molecule has 1 aliphatic carbocycles. The van der Waals surface area contributed by atoms with Gasteiger partial charge in [0.2, 0.25) is 11.8 Å². The lowest BCUT2D eigenvalue weighted by molar-refractivity contribution is -0.130. The number of thioether (sulfide) groups is 1. The highest BCUT2D eigenvalue weighted by Gasteiger charge is 2.43. The van der Waals surface area contributed by atoms with E-state index in [0.717, 1.165) is 49.4 Å². The molecular formula is C25H29N3O5S2. The Morgan fingerprint density at radius 3 is 2.37 bits per heavy atom. The fourth-order valence-corrected chi connectivity index (χ4v) is 6.68. The number of nitrogens with zero attached hydrogens (tertiary/aromatic N) is 2. The molecule has 2 aliphatic rings. The lowest BCUT2D eigenvalue weighted by Gasteiger charge is -2.30. The molecule has 4 rings (SSSR count). The van der Waals surface area contributed by atoms with E-state index in [1.54, 1.807) is 43.5 Å². The summed E-state index contributed by atoms with van der Waals surface area (Å²) < 4.78 is 35.3. The minimum atomic E-state index is -4.00. The van der Waals surface area contributed by atoms with Crippen molar-refractivity contribution >= 4 is 44.5 Å². The lowest BCUT2D eigenvalue weighted by atomic mass is 9.94. The first kappa shape index (κ1) is 25.2. The number of carbonyl (C=O) groups excluding carboxylic acids is 2. The van der Waals surface area contributed by atoms with Gasteiger partial charge in [-0.3, -0.25) is 14.5 Å². The molecule has 0 spiro atoms. The molecule has 0 bridgehead atoms. The molecule has 10 heteroatoms. The number of amides is 2. The summed E-state index contributed by atoms with van der Waals surface area (Å²) in [7, 11) is -2.44. The molecule has 1 atom stereocenters. The second-order valence-corrected chi connectivity index (χ2v) is 11.5. The summed E-state index contributed by atoms with van der Waals surface area (Å²) in [5, 5.41) is 2.22. The van der Waals surface area contributed by atoms with Crippen molar-refractivity contribution in [2.75, 3.05) is 12.4 Å². The van der Waals surface area contributed by atoms with Crippen LogP contribution in [0.3, 0.4) is 0 Å². The third-order valence-electron chi connectivity index (χ3n) is 6.17. The van der Waals surface area contributed by atoms with Gasteiger partial charge in [-0.05, 0) is 56.2 Å². The molecule has 0 radical (unpaired) electrons. The number of hydrogen-bond acceptors (Lipinski definition) is 6. The smallest absolute Gasteiger partial charge is 0.284 e. The molecule has 0 aromatic heterocycles. The van der Waals surface area contributed by atoms with Crippen LogP contribution in [0, 0.1) is 6.92 Å². The zero-order valence-corrected chi connectivity index (χ0v) is 21.4. The van der Waals surface area contributed by atoms with Gasteiger partial charge in [0.05, 0.1) is 12.0 Å². The second kappa shape index (κ2) is 10.8. The molecular weight excluding hydrogens is 486 g/mol. The van der Waals surface area contributed by atoms with Crippen molar-refractivity contribution in [3.63, 3.8) is 0 Å². The van der Waals surface area contributed by atoms with Crippen LogP contribution in [-0.2, 0) is 19.6 Å². The molecule has 35 heavy (non-hydrogen) atoms. The highest BCUT2D eigenvalue weighted by Crippen LogP contribution is 2.36. The van der Waals surface area contributed by atoms with Crippen molar-refractivity contribution in [3.8, 4) is 5.75 Å². The minimum Gasteiger partial charge on any atom is -0.497 e. The molecule has 1 saturated carbocycles. The Hall–Kier alpha value is -2.85. The van der Waals surface area contributed by atoms with Gasteiger partial charge in [0, 0.05) is 18.2 Å². The summed E-state index contributed by atoms with van der Waals surface area (Å²) in [5.41, 5.74) is 1.53. The fourth-order valence-electron chi connectivity index (χ4n) is 4.27. The van der Waals surface area contributed by atoms with E-state index < -0.39 is 15.3 Å². The molecule has 1 N–H and O–H groups in total. The second-order valence-electron chi connectivity index (χ2n) is 8.75. The minimum absolute atomic E-state index is 0.0768. The normalized spacial score (nSPS) is 20.3. The maximum absolute atomic E-state index is 13.4. The molecule has 1 unspecified atom stereocenters. The quantitative estimate of drug-likeness (QED) is 0.588. The molecule has 2 amide bonds. The van der Waals surface area contributed by atoms with Gasteiger partial charge in [-0.1, -0.05) is 48.7 Å². The molecule has 2 fully saturated rings. The van der Waals surface area contributed by atoms with Crippen LogP contribution in [0.2, 0.25) is 0 Å². The SMILES string of the molecule is COc1ccc(NC(=O)CC2SC(=NS(=O)(=O)c3ccc(C)cc3)N(C3CCCCC3)C2=O)cc1. The van der Waals surface area contributed by atoms with E-state index in [4.69, 9.17) is 4.74 Å². The van der Waals surface area contributed by atoms with Gasteiger partial charge in [0.15, 0.2) is 5.17 Å². The van der Waals surface area contributed by atoms with Crippen LogP contribution in [0.15, 0.2) is 57.8 Å². The Morgan fingerprint density at radius 2 is 1.74 bits per heavy atom. The third-order valence-corrected chi connectivity index (χ3v) is 8.72. The summed E-state index contributed by atoms with van der Waals surface area (Å²) >= 11 is 1.06. The van der Waals surface area contributed by atoms with Crippen molar-refractivity contribution < 1.29 is 22.7 Å². The number of methoxy groups -OCH3 is 1. The van der Waals surface area contributed by atoms with Gasteiger partial charge >= 0.3 is 0 Å². The zero-order chi connectivity index (χ0) is 25.0. The lowest BCUT2D eigenvalue weighted by Crippen LogP contribution is -2.42. The Bertz CT molecular complexity index is 1200. The fraction of sp³-hybridized carbons (Fsp3) is 0.400. The number of benzene rings is 2. The van der Waals surface area contributed by atoms with Gasteiger partial charge in [0.1, 0.15) is 11.0 Å². The topological polar surface area (TPSA) is 105 Å². The van der Waals surface area contributed by atoms with Crippen molar-refractivity contribution in [1.82, 2.24) is 4.90 Å². The Morgan fingerprint density at radius 1 is 1.09 bits per heavy atom. The van der Waals surface area contributed by atoms with Gasteiger partial charge in [0.25, 0.3) is 10.0 Å². The molecule has 1 saturated heterocycles. The average Bonchev–Trinajstić information content (AvgIpc) is 3.13. The number of aryl methyl sites for hydroxylation is 1. The molecule has 1 aliphatic heterocycles. The molecule has 1 heterocycles. The van der Waals surface area contributed by atoms with Gasteiger partial charge in [-0.2, -0.15) is 8.42 Å². The number of rotatable bonds is 7. The van der Waals surface area contributed by atoms with Crippen LogP contribution in [0.1, 0.15) is 44.1 Å². The first-order valence-corrected chi connectivity index (χ1v) is 13.9. The number of amidine groups is 1. The van der Waals surface area contributed by atoms with E-state index in [1.165, 1.54) is 17.0 Å². The third kappa shape index (κ3) is 6.05. The Labute approximate surface area is 210 Å². The molecule has 2 aromatic carbocycles. The van der Waals surface area contributed by atoms with Crippen LogP contribution in [0.25, 0.3) is 0 Å². The van der Waals surface area contributed by atoms with Crippen LogP contribution in [0.5, 0.6) is 5.75 Å². The van der Waals surface area contributed by atoms with Crippen molar-refractivity contribution in [2.45, 2.75) is 61.6 Å². The number of anilines is 1. The monoisotopic (exact) mass is 515 g/mol. The highest BCUT2D eigenvalue weighted by molar-refractivity contribution is 8.16. The standard InChI is InChI=1S/C25H29N3O5S2/c1-17-8-14-21(15-9-17)35(31,32)27-25-28(19-6-4-3-5-7-19)24(30)22(34-25)16-23(29)26-18-10-12-20(33-2)13-11-18/h8-15,19,22H,3-7,16H2,1-2H3,(H,26,29). The van der Waals surface area contributed by atoms with Crippen LogP contribution in [0.4, 0.5) is 5.69 Å². The van der Waals surface area contributed by atoms with Crippen LogP contribution >= 0.6 is 11.8 Å². The maximum atomic E-state index is 13.4. The van der Waals surface area contributed by atoms with Gasteiger partial charge in [-0.25, -0.2) is 0 Å². The number of nitrogens with one attached hydrogen (secondary N) is 1.